The van der Waals surface area contributed by atoms with Crippen LogP contribution in [-0.2, 0) is 6.61 Å². The molecule has 0 fully saturated rings. The molecule has 0 radical (unpaired) electrons. The van der Waals surface area contributed by atoms with Crippen molar-refractivity contribution in [2.75, 3.05) is 7.11 Å². The molecule has 0 N–H and O–H groups in total. The first kappa shape index (κ1) is 20.8. The Bertz CT molecular complexity index is 1620. The molecule has 0 aliphatic rings. The van der Waals surface area contributed by atoms with E-state index in [1.54, 1.807) is 23.0 Å². The van der Waals surface area contributed by atoms with Crippen LogP contribution in [0.3, 0.4) is 0 Å². The fourth-order valence-corrected chi connectivity index (χ4v) is 5.41. The smallest absolute Gasteiger partial charge is 0.154 e. The zero-order valence-electron chi connectivity index (χ0n) is 18.4. The van der Waals surface area contributed by atoms with E-state index in [-0.39, 0.29) is 0 Å². The van der Waals surface area contributed by atoms with Crippen LogP contribution < -0.4 is 9.47 Å². The van der Waals surface area contributed by atoms with Gasteiger partial charge in [-0.25, -0.2) is 19.5 Å². The minimum Gasteiger partial charge on any atom is -0.497 e. The quantitative estimate of drug-likeness (QED) is 0.287. The highest BCUT2D eigenvalue weighted by molar-refractivity contribution is 7.22. The minimum atomic E-state index is 0.358. The Balaban J connectivity index is 1.32. The summed E-state index contributed by atoms with van der Waals surface area (Å²) in [6.45, 7) is 2.31. The highest BCUT2D eigenvalue weighted by Gasteiger charge is 2.16. The average molecular weight is 486 g/mol. The fourth-order valence-electron chi connectivity index (χ4n) is 3.63. The Morgan fingerprint density at radius 1 is 0.971 bits per heavy atom. The van der Waals surface area contributed by atoms with Crippen molar-refractivity contribution in [3.8, 4) is 32.8 Å². The van der Waals surface area contributed by atoms with E-state index >= 15 is 0 Å². The van der Waals surface area contributed by atoms with Crippen molar-refractivity contribution in [1.82, 2.24) is 24.6 Å². The number of nitrogens with zero attached hydrogens (tertiary/aromatic N) is 5. The molecule has 168 valence electrons. The highest BCUT2D eigenvalue weighted by atomic mass is 32.1. The van der Waals surface area contributed by atoms with E-state index in [1.165, 1.54) is 11.3 Å². The molecule has 0 aliphatic heterocycles. The Morgan fingerprint density at radius 3 is 2.71 bits per heavy atom. The first-order chi connectivity index (χ1) is 16.7. The molecule has 7 nitrogen and oxygen atoms in total. The summed E-state index contributed by atoms with van der Waals surface area (Å²) < 4.78 is 14.4. The number of aromatic nitrogens is 5. The molecule has 0 spiro atoms. The molecule has 0 atom stereocenters. The van der Waals surface area contributed by atoms with Gasteiger partial charge in [-0.05, 0) is 19.1 Å². The number of benzene rings is 2. The van der Waals surface area contributed by atoms with Crippen LogP contribution in [0.2, 0.25) is 0 Å². The lowest BCUT2D eigenvalue weighted by Gasteiger charge is -2.07. The van der Waals surface area contributed by atoms with E-state index < -0.39 is 0 Å². The van der Waals surface area contributed by atoms with Gasteiger partial charge in [0.25, 0.3) is 0 Å². The van der Waals surface area contributed by atoms with E-state index in [0.717, 1.165) is 48.5 Å². The second kappa shape index (κ2) is 8.51. The lowest BCUT2D eigenvalue weighted by Crippen LogP contribution is -1.96. The lowest BCUT2D eigenvalue weighted by atomic mass is 10.2. The SMILES string of the molecule is COc1cc(OCc2csc(-c3ccccc3)n2)c2sc(-c3cn4nc(C)ccc4n3)nc2c1. The Labute approximate surface area is 203 Å². The van der Waals surface area contributed by atoms with Crippen LogP contribution in [0, 0.1) is 6.92 Å². The standard InChI is InChI=1S/C25H19N5O2S2/c1-15-8-9-22-27-20(12-30(22)29-15)25-28-19-10-18(31-2)11-21(23(19)34-25)32-13-17-14-33-24(26-17)16-6-4-3-5-7-16/h3-12,14H,13H2,1-2H3. The van der Waals surface area contributed by atoms with Crippen LogP contribution in [0.4, 0.5) is 0 Å². The molecule has 9 heteroatoms. The van der Waals surface area contributed by atoms with E-state index in [4.69, 9.17) is 19.4 Å². The molecule has 4 heterocycles. The summed E-state index contributed by atoms with van der Waals surface area (Å²) in [5.41, 5.74) is 5.28. The van der Waals surface area contributed by atoms with Gasteiger partial charge in [0.05, 0.1) is 34.9 Å². The summed E-state index contributed by atoms with van der Waals surface area (Å²) in [5, 5.41) is 8.30. The Hall–Kier alpha value is -3.82. The molecule has 6 aromatic rings. The first-order valence-corrected chi connectivity index (χ1v) is 12.3. The van der Waals surface area contributed by atoms with Crippen molar-refractivity contribution in [3.05, 3.63) is 77.6 Å². The largest absolute Gasteiger partial charge is 0.497 e. The van der Waals surface area contributed by atoms with Gasteiger partial charge in [0.2, 0.25) is 0 Å². The number of hydrogen-bond donors (Lipinski definition) is 0. The second-order valence-corrected chi connectivity index (χ2v) is 9.55. The maximum Gasteiger partial charge on any atom is 0.154 e. The monoisotopic (exact) mass is 485 g/mol. The molecule has 4 aromatic heterocycles. The molecular weight excluding hydrogens is 466 g/mol. The minimum absolute atomic E-state index is 0.358. The molecule has 34 heavy (non-hydrogen) atoms. The second-order valence-electron chi connectivity index (χ2n) is 7.70. The van der Waals surface area contributed by atoms with Crippen molar-refractivity contribution < 1.29 is 9.47 Å². The van der Waals surface area contributed by atoms with Gasteiger partial charge in [-0.2, -0.15) is 5.10 Å². The van der Waals surface area contributed by atoms with Crippen molar-refractivity contribution in [2.24, 2.45) is 0 Å². The summed E-state index contributed by atoms with van der Waals surface area (Å²) in [6, 6.07) is 17.9. The maximum absolute atomic E-state index is 6.22. The van der Waals surface area contributed by atoms with Crippen LogP contribution in [0.1, 0.15) is 11.4 Å². The van der Waals surface area contributed by atoms with E-state index in [0.29, 0.717) is 18.1 Å². The summed E-state index contributed by atoms with van der Waals surface area (Å²) in [7, 11) is 1.64. The molecule has 0 unspecified atom stereocenters. The van der Waals surface area contributed by atoms with Gasteiger partial charge in [-0.15, -0.1) is 22.7 Å². The van der Waals surface area contributed by atoms with Crippen LogP contribution in [-0.4, -0.2) is 31.7 Å². The van der Waals surface area contributed by atoms with E-state index in [1.807, 2.05) is 61.0 Å². The van der Waals surface area contributed by atoms with Gasteiger partial charge in [0, 0.05) is 23.1 Å². The molecule has 2 aromatic carbocycles. The van der Waals surface area contributed by atoms with Gasteiger partial charge in [-0.3, -0.25) is 0 Å². The molecule has 0 aliphatic carbocycles. The zero-order chi connectivity index (χ0) is 23.1. The number of imidazole rings is 1. The number of ether oxygens (including phenoxy) is 2. The summed E-state index contributed by atoms with van der Waals surface area (Å²) in [5.74, 6) is 1.40. The third-order valence-corrected chi connectivity index (χ3v) is 7.33. The van der Waals surface area contributed by atoms with Crippen LogP contribution >= 0.6 is 22.7 Å². The third kappa shape index (κ3) is 3.89. The molecule has 0 saturated heterocycles. The van der Waals surface area contributed by atoms with Gasteiger partial charge in [0.15, 0.2) is 5.65 Å². The van der Waals surface area contributed by atoms with Crippen LogP contribution in [0.15, 0.2) is 66.2 Å². The van der Waals surface area contributed by atoms with E-state index in [2.05, 4.69) is 22.2 Å². The molecule has 0 bridgehead atoms. The predicted octanol–water partition coefficient (Wildman–Crippen LogP) is 6.03. The van der Waals surface area contributed by atoms with Gasteiger partial charge >= 0.3 is 0 Å². The predicted molar refractivity (Wildman–Crippen MR) is 135 cm³/mol. The van der Waals surface area contributed by atoms with Crippen LogP contribution in [0.25, 0.3) is 37.1 Å². The Morgan fingerprint density at radius 2 is 1.85 bits per heavy atom. The maximum atomic E-state index is 6.22. The number of methoxy groups -OCH3 is 1. The third-order valence-electron chi connectivity index (χ3n) is 5.29. The molecule has 6 rings (SSSR count). The first-order valence-electron chi connectivity index (χ1n) is 10.6. The summed E-state index contributed by atoms with van der Waals surface area (Å²) >= 11 is 3.15. The van der Waals surface area contributed by atoms with Gasteiger partial charge in [0.1, 0.15) is 33.8 Å². The fraction of sp³-hybridized carbons (Fsp3) is 0.120. The van der Waals surface area contributed by atoms with E-state index in [9.17, 15) is 0 Å². The number of rotatable bonds is 6. The average Bonchev–Trinajstić information content (AvgIpc) is 3.60. The molecule has 0 amide bonds. The number of aryl methyl sites for hydroxylation is 1. The number of thiazole rings is 2. The zero-order valence-corrected chi connectivity index (χ0v) is 20.1. The van der Waals surface area contributed by atoms with Gasteiger partial charge in [-0.1, -0.05) is 30.3 Å². The van der Waals surface area contributed by atoms with Gasteiger partial charge < -0.3 is 9.47 Å². The number of fused-ring (bicyclic) bond motifs is 2. The lowest BCUT2D eigenvalue weighted by molar-refractivity contribution is 0.304. The number of hydrogen-bond acceptors (Lipinski definition) is 8. The normalized spacial score (nSPS) is 11.4. The topological polar surface area (TPSA) is 74.4 Å². The molecular formula is C25H19N5O2S2. The van der Waals surface area contributed by atoms with Crippen molar-refractivity contribution in [3.63, 3.8) is 0 Å². The highest BCUT2D eigenvalue weighted by Crippen LogP contribution is 2.39. The molecule has 0 saturated carbocycles. The van der Waals surface area contributed by atoms with Crippen LogP contribution in [0.5, 0.6) is 11.5 Å². The van der Waals surface area contributed by atoms with Crippen molar-refractivity contribution in [2.45, 2.75) is 13.5 Å². The summed E-state index contributed by atoms with van der Waals surface area (Å²) in [6.07, 6.45) is 1.90. The Kier molecular flexibility index (Phi) is 5.20. The van der Waals surface area contributed by atoms with Crippen molar-refractivity contribution in [1.29, 1.82) is 0 Å². The summed E-state index contributed by atoms with van der Waals surface area (Å²) in [4.78, 5) is 14.2. The van der Waals surface area contributed by atoms with Crippen molar-refractivity contribution >= 4 is 38.5 Å².